The molecule has 0 aromatic carbocycles. The highest BCUT2D eigenvalue weighted by molar-refractivity contribution is 5.21. The van der Waals surface area contributed by atoms with E-state index in [9.17, 15) is 4.79 Å². The molecule has 0 spiro atoms. The van der Waals surface area contributed by atoms with Gasteiger partial charge in [0.05, 0.1) is 5.69 Å². The highest BCUT2D eigenvalue weighted by Crippen LogP contribution is 2.15. The predicted molar refractivity (Wildman–Crippen MR) is 81.1 cm³/mol. The maximum Gasteiger partial charge on any atom is 0.267 e. The van der Waals surface area contributed by atoms with Gasteiger partial charge in [-0.25, -0.2) is 4.68 Å². The summed E-state index contributed by atoms with van der Waals surface area (Å²) in [6.45, 7) is 5.42. The molecule has 0 unspecified atom stereocenters. The van der Waals surface area contributed by atoms with Crippen molar-refractivity contribution in [2.45, 2.75) is 32.9 Å². The number of fused-ring (bicyclic) bond motifs is 1. The maximum absolute atomic E-state index is 11.9. The van der Waals surface area contributed by atoms with E-state index in [-0.39, 0.29) is 5.56 Å². The average Bonchev–Trinajstić information content (AvgIpc) is 2.53. The van der Waals surface area contributed by atoms with E-state index in [1.54, 1.807) is 10.7 Å². The highest BCUT2D eigenvalue weighted by atomic mass is 16.1. The van der Waals surface area contributed by atoms with E-state index in [1.165, 1.54) is 5.56 Å². The number of pyridine rings is 1. The molecule has 110 valence electrons. The third kappa shape index (κ3) is 3.19. The first-order valence-electron chi connectivity index (χ1n) is 7.47. The van der Waals surface area contributed by atoms with E-state index in [2.05, 4.69) is 27.1 Å². The smallest absolute Gasteiger partial charge is 0.267 e. The molecule has 0 amide bonds. The Balaban J connectivity index is 1.67. The summed E-state index contributed by atoms with van der Waals surface area (Å²) < 4.78 is 1.55. The van der Waals surface area contributed by atoms with Crippen molar-refractivity contribution in [2.75, 3.05) is 13.1 Å². The lowest BCUT2D eigenvalue weighted by Crippen LogP contribution is -2.35. The van der Waals surface area contributed by atoms with Crippen molar-refractivity contribution in [1.82, 2.24) is 19.7 Å². The largest absolute Gasteiger partial charge is 0.298 e. The Bertz CT molecular complexity index is 666. The SMILES string of the molecule is CCn1nc2c(cc1=O)CN(CCc1ccncc1)CC2. The van der Waals surface area contributed by atoms with Crippen LogP contribution in [0.25, 0.3) is 0 Å². The van der Waals surface area contributed by atoms with Crippen LogP contribution >= 0.6 is 0 Å². The third-order valence-electron chi connectivity index (χ3n) is 3.99. The average molecular weight is 284 g/mol. The molecule has 0 aliphatic carbocycles. The summed E-state index contributed by atoms with van der Waals surface area (Å²) in [7, 11) is 0. The van der Waals surface area contributed by atoms with Crippen LogP contribution in [0.5, 0.6) is 0 Å². The minimum Gasteiger partial charge on any atom is -0.298 e. The van der Waals surface area contributed by atoms with Crippen molar-refractivity contribution < 1.29 is 0 Å². The second-order valence-corrected chi connectivity index (χ2v) is 5.40. The molecule has 0 bridgehead atoms. The van der Waals surface area contributed by atoms with Gasteiger partial charge in [0.25, 0.3) is 5.56 Å². The van der Waals surface area contributed by atoms with Crippen LogP contribution in [0.3, 0.4) is 0 Å². The van der Waals surface area contributed by atoms with Crippen LogP contribution in [0.1, 0.15) is 23.7 Å². The van der Waals surface area contributed by atoms with Gasteiger partial charge >= 0.3 is 0 Å². The van der Waals surface area contributed by atoms with Crippen molar-refractivity contribution in [3.8, 4) is 0 Å². The molecule has 1 aliphatic rings. The molecule has 0 atom stereocenters. The fourth-order valence-corrected chi connectivity index (χ4v) is 2.75. The Kier molecular flexibility index (Phi) is 4.10. The molecule has 5 nitrogen and oxygen atoms in total. The summed E-state index contributed by atoms with van der Waals surface area (Å²) in [4.78, 5) is 18.3. The van der Waals surface area contributed by atoms with Gasteiger partial charge in [-0.2, -0.15) is 5.10 Å². The summed E-state index contributed by atoms with van der Waals surface area (Å²) in [5.41, 5.74) is 3.48. The highest BCUT2D eigenvalue weighted by Gasteiger charge is 2.18. The molecular weight excluding hydrogens is 264 g/mol. The van der Waals surface area contributed by atoms with Gasteiger partial charge in [-0.1, -0.05) is 0 Å². The summed E-state index contributed by atoms with van der Waals surface area (Å²) in [5, 5.41) is 4.45. The molecule has 0 N–H and O–H groups in total. The molecule has 3 heterocycles. The van der Waals surface area contributed by atoms with Crippen LogP contribution in [0.4, 0.5) is 0 Å². The molecule has 2 aromatic rings. The minimum atomic E-state index is 0.00670. The fourth-order valence-electron chi connectivity index (χ4n) is 2.75. The molecule has 0 saturated heterocycles. The number of aryl methyl sites for hydroxylation is 1. The summed E-state index contributed by atoms with van der Waals surface area (Å²) in [5.74, 6) is 0. The van der Waals surface area contributed by atoms with E-state index in [0.29, 0.717) is 6.54 Å². The Hall–Kier alpha value is -2.01. The number of hydrogen-bond donors (Lipinski definition) is 0. The van der Waals surface area contributed by atoms with Gasteiger partial charge in [0, 0.05) is 51.1 Å². The Morgan fingerprint density at radius 3 is 2.86 bits per heavy atom. The normalized spacial score (nSPS) is 14.9. The summed E-state index contributed by atoms with van der Waals surface area (Å²) in [6.07, 6.45) is 5.60. The van der Waals surface area contributed by atoms with Crippen LogP contribution in [0, 0.1) is 0 Å². The Morgan fingerprint density at radius 1 is 1.29 bits per heavy atom. The number of rotatable bonds is 4. The van der Waals surface area contributed by atoms with E-state index < -0.39 is 0 Å². The molecule has 3 rings (SSSR count). The molecule has 2 aromatic heterocycles. The maximum atomic E-state index is 11.9. The Morgan fingerprint density at radius 2 is 2.10 bits per heavy atom. The van der Waals surface area contributed by atoms with Gasteiger partial charge in [0.15, 0.2) is 0 Å². The van der Waals surface area contributed by atoms with Crippen molar-refractivity contribution >= 4 is 0 Å². The van der Waals surface area contributed by atoms with Crippen LogP contribution in [-0.2, 0) is 25.9 Å². The first kappa shape index (κ1) is 13.9. The van der Waals surface area contributed by atoms with E-state index in [4.69, 9.17) is 0 Å². The predicted octanol–water partition coefficient (Wildman–Crippen LogP) is 1.26. The van der Waals surface area contributed by atoms with Crippen molar-refractivity contribution in [2.24, 2.45) is 0 Å². The first-order chi connectivity index (χ1) is 10.3. The van der Waals surface area contributed by atoms with Gasteiger partial charge in [-0.3, -0.25) is 14.7 Å². The molecule has 5 heteroatoms. The molecule has 0 fully saturated rings. The topological polar surface area (TPSA) is 51.0 Å². The van der Waals surface area contributed by atoms with Crippen molar-refractivity contribution in [3.63, 3.8) is 0 Å². The van der Waals surface area contributed by atoms with Crippen LogP contribution < -0.4 is 5.56 Å². The number of hydrogen-bond acceptors (Lipinski definition) is 4. The zero-order valence-corrected chi connectivity index (χ0v) is 12.3. The number of aromatic nitrogens is 3. The lowest BCUT2D eigenvalue weighted by molar-refractivity contribution is 0.252. The van der Waals surface area contributed by atoms with Gasteiger partial charge in [-0.05, 0) is 36.6 Å². The van der Waals surface area contributed by atoms with Gasteiger partial charge in [0.1, 0.15) is 0 Å². The van der Waals surface area contributed by atoms with Crippen LogP contribution in [0.2, 0.25) is 0 Å². The van der Waals surface area contributed by atoms with Gasteiger partial charge < -0.3 is 0 Å². The zero-order valence-electron chi connectivity index (χ0n) is 12.3. The molecule has 0 radical (unpaired) electrons. The first-order valence-corrected chi connectivity index (χ1v) is 7.47. The van der Waals surface area contributed by atoms with E-state index in [0.717, 1.165) is 43.7 Å². The second kappa shape index (κ2) is 6.18. The Labute approximate surface area is 124 Å². The quantitative estimate of drug-likeness (QED) is 0.848. The third-order valence-corrected chi connectivity index (χ3v) is 3.99. The fraction of sp³-hybridized carbons (Fsp3) is 0.438. The monoisotopic (exact) mass is 284 g/mol. The van der Waals surface area contributed by atoms with Crippen LogP contribution in [0.15, 0.2) is 35.4 Å². The van der Waals surface area contributed by atoms with E-state index >= 15 is 0 Å². The zero-order chi connectivity index (χ0) is 14.7. The summed E-state index contributed by atoms with van der Waals surface area (Å²) in [6, 6.07) is 5.86. The van der Waals surface area contributed by atoms with Gasteiger partial charge in [-0.15, -0.1) is 0 Å². The second-order valence-electron chi connectivity index (χ2n) is 5.40. The minimum absolute atomic E-state index is 0.00670. The summed E-state index contributed by atoms with van der Waals surface area (Å²) >= 11 is 0. The van der Waals surface area contributed by atoms with E-state index in [1.807, 2.05) is 19.3 Å². The molecule has 21 heavy (non-hydrogen) atoms. The molecule has 0 saturated carbocycles. The van der Waals surface area contributed by atoms with Gasteiger partial charge in [0.2, 0.25) is 0 Å². The lowest BCUT2D eigenvalue weighted by Gasteiger charge is -2.28. The molecule has 1 aliphatic heterocycles. The van der Waals surface area contributed by atoms with Crippen molar-refractivity contribution in [3.05, 3.63) is 57.8 Å². The van der Waals surface area contributed by atoms with Crippen molar-refractivity contribution in [1.29, 1.82) is 0 Å². The standard InChI is InChI=1S/C16H20N4O/c1-2-20-16(21)11-14-12-19(10-6-15(14)18-20)9-5-13-3-7-17-8-4-13/h3-4,7-8,11H,2,5-6,9-10,12H2,1H3. The van der Waals surface area contributed by atoms with Crippen LogP contribution in [-0.4, -0.2) is 32.8 Å². The molecular formula is C16H20N4O. The lowest BCUT2D eigenvalue weighted by atomic mass is 10.1. The number of nitrogens with zero attached hydrogens (tertiary/aromatic N) is 4.